The van der Waals surface area contributed by atoms with Crippen LogP contribution in [0.15, 0.2) is 24.4 Å². The van der Waals surface area contributed by atoms with Crippen LogP contribution in [0.3, 0.4) is 0 Å². The van der Waals surface area contributed by atoms with E-state index < -0.39 is 46.3 Å². The number of H-pyrrole nitrogens is 1. The first-order valence-electron chi connectivity index (χ1n) is 20.1. The third kappa shape index (κ3) is 11.9. The minimum atomic E-state index is -1.34. The Morgan fingerprint density at radius 1 is 0.941 bits per heavy atom. The number of carbonyl (C=O) groups is 3. The molecular weight excluding hydrogens is 642 g/mol. The lowest BCUT2D eigenvalue weighted by atomic mass is 9.63. The van der Waals surface area contributed by atoms with E-state index in [0.717, 1.165) is 77.0 Å². The van der Waals surface area contributed by atoms with E-state index in [1.54, 1.807) is 26.1 Å². The first kappa shape index (κ1) is 42.8. The van der Waals surface area contributed by atoms with Gasteiger partial charge in [-0.05, 0) is 84.6 Å². The maximum absolute atomic E-state index is 14.6. The normalized spacial score (nSPS) is 21.2. The molecule has 0 bridgehead atoms. The number of carboxylic acid groups (broad SMARTS) is 1. The van der Waals surface area contributed by atoms with Gasteiger partial charge in [-0.15, -0.1) is 0 Å². The summed E-state index contributed by atoms with van der Waals surface area (Å²) < 4.78 is 12.2. The number of nitrogens with one attached hydrogen (secondary N) is 3. The van der Waals surface area contributed by atoms with Crippen LogP contribution >= 0.6 is 0 Å². The lowest BCUT2D eigenvalue weighted by Gasteiger charge is -2.48. The molecule has 1 saturated carbocycles. The molecular formula is C42H71N3O6. The maximum atomic E-state index is 14.6. The summed E-state index contributed by atoms with van der Waals surface area (Å²) >= 11 is 0. The second kappa shape index (κ2) is 19.4. The quantitative estimate of drug-likeness (QED) is 0.0570. The van der Waals surface area contributed by atoms with Crippen molar-refractivity contribution in [1.82, 2.24) is 15.6 Å². The maximum Gasteiger partial charge on any atom is 0.315 e. The molecule has 2 heterocycles. The van der Waals surface area contributed by atoms with E-state index in [4.69, 9.17) is 9.47 Å². The molecule has 2 aliphatic rings. The summed E-state index contributed by atoms with van der Waals surface area (Å²) in [6, 6.07) is 1.34. The number of urea groups is 1. The van der Waals surface area contributed by atoms with Crippen molar-refractivity contribution in [1.29, 1.82) is 0 Å². The number of carbonyl (C=O) groups excluding carboxylic acids is 2. The Bertz CT molecular complexity index is 1280. The largest absolute Gasteiger partial charge is 0.481 e. The molecule has 1 aromatic rings. The van der Waals surface area contributed by atoms with Crippen LogP contribution in [0.2, 0.25) is 0 Å². The van der Waals surface area contributed by atoms with E-state index in [1.165, 1.54) is 19.3 Å². The fourth-order valence-corrected chi connectivity index (χ4v) is 8.14. The van der Waals surface area contributed by atoms with Gasteiger partial charge < -0.3 is 30.2 Å². The standard InChI is InChI=1S/C42H71N3O6/c1-9-11-13-14-15-16-17-18-19-23-28-40(5,6)44-38(49)45-42(31-24-21-20-22-25-31,33(37(47)48)26-12-10-2)35-32(27-29-43-35)34(46)36-39(3,4)30-50-41(7,8)51-36/h14-15,27,29,31,33,36,43H,9-13,16-26,28,30H2,1-8H3,(H,47,48)(H2,44,45,49). The molecule has 0 spiro atoms. The van der Waals surface area contributed by atoms with Crippen molar-refractivity contribution >= 4 is 17.8 Å². The molecule has 1 aliphatic heterocycles. The van der Waals surface area contributed by atoms with Gasteiger partial charge in [-0.1, -0.05) is 104 Å². The van der Waals surface area contributed by atoms with Crippen molar-refractivity contribution in [2.45, 2.75) is 188 Å². The van der Waals surface area contributed by atoms with Gasteiger partial charge in [0.25, 0.3) is 0 Å². The van der Waals surface area contributed by atoms with Crippen molar-refractivity contribution in [2.75, 3.05) is 6.61 Å². The van der Waals surface area contributed by atoms with E-state index >= 15 is 0 Å². The topological polar surface area (TPSA) is 130 Å². The first-order valence-corrected chi connectivity index (χ1v) is 20.1. The Morgan fingerprint density at radius 3 is 2.24 bits per heavy atom. The van der Waals surface area contributed by atoms with Crippen LogP contribution in [-0.4, -0.2) is 51.9 Å². The number of carboxylic acids is 1. The van der Waals surface area contributed by atoms with E-state index in [9.17, 15) is 19.5 Å². The molecule has 1 saturated heterocycles. The zero-order chi connectivity index (χ0) is 37.7. The average Bonchev–Trinajstić information content (AvgIpc) is 3.57. The second-order valence-electron chi connectivity index (χ2n) is 17.1. The summed E-state index contributed by atoms with van der Waals surface area (Å²) in [6.07, 6.45) is 21.7. The van der Waals surface area contributed by atoms with Gasteiger partial charge in [0.05, 0.1) is 23.8 Å². The lowest BCUT2D eigenvalue weighted by molar-refractivity contribution is -0.298. The number of rotatable bonds is 21. The zero-order valence-corrected chi connectivity index (χ0v) is 33.3. The molecule has 2 fully saturated rings. The lowest BCUT2D eigenvalue weighted by Crippen LogP contribution is -2.63. The van der Waals surface area contributed by atoms with Crippen molar-refractivity contribution in [3.8, 4) is 0 Å². The van der Waals surface area contributed by atoms with Crippen molar-refractivity contribution < 1.29 is 29.0 Å². The molecule has 9 heteroatoms. The highest BCUT2D eigenvalue weighted by Gasteiger charge is 2.55. The fourth-order valence-electron chi connectivity index (χ4n) is 8.14. The van der Waals surface area contributed by atoms with Crippen LogP contribution in [0.1, 0.15) is 181 Å². The van der Waals surface area contributed by atoms with E-state index in [-0.39, 0.29) is 11.7 Å². The molecule has 2 amide bonds. The Morgan fingerprint density at radius 2 is 1.59 bits per heavy atom. The number of aliphatic carboxylic acids is 1. The Kier molecular flexibility index (Phi) is 16.3. The van der Waals surface area contributed by atoms with Gasteiger partial charge in [-0.3, -0.25) is 9.59 Å². The highest BCUT2D eigenvalue weighted by atomic mass is 16.7. The minimum Gasteiger partial charge on any atom is -0.481 e. The fraction of sp³-hybridized carbons (Fsp3) is 0.786. The van der Waals surface area contributed by atoms with Crippen molar-refractivity contribution in [2.24, 2.45) is 17.3 Å². The summed E-state index contributed by atoms with van der Waals surface area (Å²) in [6.45, 7) is 16.2. The van der Waals surface area contributed by atoms with Gasteiger partial charge in [0.2, 0.25) is 0 Å². The Hall–Kier alpha value is -2.65. The van der Waals surface area contributed by atoms with Gasteiger partial charge in [0.1, 0.15) is 6.10 Å². The molecule has 290 valence electrons. The van der Waals surface area contributed by atoms with Gasteiger partial charge >= 0.3 is 12.0 Å². The van der Waals surface area contributed by atoms with Crippen LogP contribution in [-0.2, 0) is 19.8 Å². The van der Waals surface area contributed by atoms with E-state index in [0.29, 0.717) is 30.7 Å². The number of aromatic amines is 1. The summed E-state index contributed by atoms with van der Waals surface area (Å²) in [7, 11) is 0. The van der Waals surface area contributed by atoms with Crippen LogP contribution in [0.5, 0.6) is 0 Å². The second-order valence-corrected chi connectivity index (χ2v) is 17.1. The first-order chi connectivity index (χ1) is 24.1. The number of hydrogen-bond acceptors (Lipinski definition) is 5. The molecule has 3 rings (SSSR count). The molecule has 3 atom stereocenters. The molecule has 4 N–H and O–H groups in total. The van der Waals surface area contributed by atoms with Gasteiger partial charge in [0, 0.05) is 22.7 Å². The monoisotopic (exact) mass is 714 g/mol. The third-order valence-corrected chi connectivity index (χ3v) is 11.1. The van der Waals surface area contributed by atoms with Crippen molar-refractivity contribution in [3.63, 3.8) is 0 Å². The molecule has 1 aliphatic carbocycles. The summed E-state index contributed by atoms with van der Waals surface area (Å²) in [4.78, 5) is 45.7. The number of Topliss-reactive ketones (excluding diaryl/α,β-unsaturated/α-hetero) is 1. The Balaban J connectivity index is 1.94. The number of allylic oxidation sites excluding steroid dienone is 2. The molecule has 51 heavy (non-hydrogen) atoms. The van der Waals surface area contributed by atoms with Crippen LogP contribution in [0.25, 0.3) is 0 Å². The molecule has 0 aromatic carbocycles. The number of unbranched alkanes of at least 4 members (excludes halogenated alkanes) is 7. The van der Waals surface area contributed by atoms with Gasteiger partial charge in [-0.25, -0.2) is 4.79 Å². The van der Waals surface area contributed by atoms with Crippen LogP contribution in [0.4, 0.5) is 4.79 Å². The summed E-state index contributed by atoms with van der Waals surface area (Å²) in [5.41, 5.74) is -1.62. The van der Waals surface area contributed by atoms with Crippen LogP contribution < -0.4 is 10.6 Å². The number of ketones is 1. The van der Waals surface area contributed by atoms with Gasteiger partial charge in [0.15, 0.2) is 11.6 Å². The van der Waals surface area contributed by atoms with E-state index in [2.05, 4.69) is 34.7 Å². The summed E-state index contributed by atoms with van der Waals surface area (Å²) in [5, 5.41) is 17.6. The Labute approximate surface area is 308 Å². The number of ether oxygens (including phenoxy) is 2. The number of aromatic nitrogens is 1. The highest BCUT2D eigenvalue weighted by Crippen LogP contribution is 2.48. The SMILES string of the molecule is CCCCC=CCCCCCCC(C)(C)NC(=O)NC(c1[nH]ccc1C(=O)C1OC(C)(C)OCC1(C)C)(C1CCCCC1)C(CCCC)C(=O)O. The zero-order valence-electron chi connectivity index (χ0n) is 33.3. The minimum absolute atomic E-state index is 0.181. The number of hydrogen-bond donors (Lipinski definition) is 4. The third-order valence-electron chi connectivity index (χ3n) is 11.1. The number of amides is 2. The molecule has 0 radical (unpaired) electrons. The molecule has 9 nitrogen and oxygen atoms in total. The smallest absolute Gasteiger partial charge is 0.315 e. The molecule has 1 aromatic heterocycles. The predicted octanol–water partition coefficient (Wildman–Crippen LogP) is 10.2. The average molecular weight is 714 g/mol. The highest BCUT2D eigenvalue weighted by molar-refractivity contribution is 6.02. The van der Waals surface area contributed by atoms with Gasteiger partial charge in [-0.2, -0.15) is 0 Å². The van der Waals surface area contributed by atoms with Crippen molar-refractivity contribution in [3.05, 3.63) is 35.7 Å². The van der Waals surface area contributed by atoms with Crippen LogP contribution in [0, 0.1) is 17.3 Å². The molecule has 3 unspecified atom stereocenters. The van der Waals surface area contributed by atoms with E-state index in [1.807, 2.05) is 34.6 Å². The predicted molar refractivity (Wildman–Crippen MR) is 205 cm³/mol. The summed E-state index contributed by atoms with van der Waals surface area (Å²) in [5.74, 6) is -3.28.